The lowest BCUT2D eigenvalue weighted by Crippen LogP contribution is -2.24. The fraction of sp³-hybridized carbons (Fsp3) is 0.222. The van der Waals surface area contributed by atoms with Crippen LogP contribution < -0.4 is 11.5 Å². The van der Waals surface area contributed by atoms with Crippen molar-refractivity contribution in [3.05, 3.63) is 73.1 Å². The molecule has 5 N–H and O–H groups in total. The molecule has 1 aliphatic rings. The Morgan fingerprint density at radius 3 is 2.54 bits per heavy atom. The van der Waals surface area contributed by atoms with Crippen LogP contribution in [0.4, 0.5) is 10.2 Å². The Labute approximate surface area is 202 Å². The number of amides is 1. The van der Waals surface area contributed by atoms with Crippen LogP contribution in [-0.4, -0.2) is 25.3 Å². The van der Waals surface area contributed by atoms with Crippen molar-refractivity contribution in [2.45, 2.75) is 32.1 Å². The number of hydrogen-bond acceptors (Lipinski definition) is 4. The van der Waals surface area contributed by atoms with Crippen molar-refractivity contribution >= 4 is 28.1 Å². The predicted molar refractivity (Wildman–Crippen MR) is 136 cm³/mol. The fourth-order valence-corrected chi connectivity index (χ4v) is 4.71. The predicted octanol–water partition coefficient (Wildman–Crippen LogP) is 5.32. The molecule has 178 valence electrons. The number of nitrogens with zero attached hydrogens (tertiary/aromatic N) is 3. The molecule has 35 heavy (non-hydrogen) atoms. The first-order valence-electron chi connectivity index (χ1n) is 11.8. The Kier molecular flexibility index (Phi) is 6.18. The number of aromatic nitrogens is 4. The maximum Gasteiger partial charge on any atom is 0.220 e. The van der Waals surface area contributed by atoms with E-state index in [9.17, 15) is 9.18 Å². The van der Waals surface area contributed by atoms with Crippen LogP contribution in [-0.2, 0) is 4.79 Å². The van der Waals surface area contributed by atoms with Gasteiger partial charge in [0.1, 0.15) is 29.2 Å². The number of aromatic amines is 1. The molecule has 5 aromatic rings. The summed E-state index contributed by atoms with van der Waals surface area (Å²) in [6.45, 7) is 0. The van der Waals surface area contributed by atoms with Gasteiger partial charge in [-0.15, -0.1) is 0 Å². The molecule has 7 nitrogen and oxygen atoms in total. The van der Waals surface area contributed by atoms with Gasteiger partial charge >= 0.3 is 0 Å². The molecule has 3 heterocycles. The van der Waals surface area contributed by atoms with E-state index in [4.69, 9.17) is 11.5 Å². The number of hydrogen-bond donors (Lipinski definition) is 3. The third kappa shape index (κ3) is 4.59. The molecular weight excluding hydrogens is 443 g/mol. The highest BCUT2D eigenvalue weighted by Gasteiger charge is 2.17. The molecule has 2 aromatic carbocycles. The van der Waals surface area contributed by atoms with Gasteiger partial charge in [-0.1, -0.05) is 49.6 Å². The van der Waals surface area contributed by atoms with Gasteiger partial charge in [0.15, 0.2) is 0 Å². The van der Waals surface area contributed by atoms with Gasteiger partial charge in [0.05, 0.1) is 11.2 Å². The molecular formula is C27H27FN6O. The monoisotopic (exact) mass is 470 g/mol. The maximum atomic E-state index is 13.3. The number of imidazole rings is 1. The zero-order valence-corrected chi connectivity index (χ0v) is 19.2. The first-order chi connectivity index (χ1) is 17.0. The van der Waals surface area contributed by atoms with E-state index in [2.05, 4.69) is 15.0 Å². The molecule has 0 spiro atoms. The third-order valence-corrected chi connectivity index (χ3v) is 6.55. The van der Waals surface area contributed by atoms with Gasteiger partial charge in [-0.2, -0.15) is 0 Å². The molecule has 0 aliphatic heterocycles. The zero-order valence-electron chi connectivity index (χ0n) is 19.2. The highest BCUT2D eigenvalue weighted by Crippen LogP contribution is 2.33. The molecule has 1 fully saturated rings. The topological polar surface area (TPSA) is 115 Å². The summed E-state index contributed by atoms with van der Waals surface area (Å²) in [6.07, 6.45) is 10.9. The number of nitrogen functional groups attached to an aromatic ring is 1. The van der Waals surface area contributed by atoms with Crippen LogP contribution in [0.25, 0.3) is 38.9 Å². The number of primary amides is 1. The summed E-state index contributed by atoms with van der Waals surface area (Å²) in [4.78, 5) is 22.7. The smallest absolute Gasteiger partial charge is 0.220 e. The molecule has 1 amide bonds. The second-order valence-corrected chi connectivity index (χ2v) is 8.86. The van der Waals surface area contributed by atoms with Crippen LogP contribution in [0.2, 0.25) is 0 Å². The number of halogens is 1. The van der Waals surface area contributed by atoms with Crippen molar-refractivity contribution in [2.75, 3.05) is 5.73 Å². The highest BCUT2D eigenvalue weighted by atomic mass is 19.1. The number of benzene rings is 2. The molecule has 0 atom stereocenters. The fourth-order valence-electron chi connectivity index (χ4n) is 4.71. The average Bonchev–Trinajstić information content (AvgIpc) is 3.50. The highest BCUT2D eigenvalue weighted by molar-refractivity contribution is 5.98. The van der Waals surface area contributed by atoms with E-state index < -0.39 is 0 Å². The Bertz CT molecular complexity index is 1480. The number of fused-ring (bicyclic) bond motifs is 2. The van der Waals surface area contributed by atoms with E-state index in [-0.39, 0.29) is 17.6 Å². The normalized spacial score (nSPS) is 14.1. The summed E-state index contributed by atoms with van der Waals surface area (Å²) in [5.74, 6) is 0.270. The van der Waals surface area contributed by atoms with Crippen LogP contribution in [0.1, 0.15) is 32.1 Å². The Hall–Kier alpha value is -4.20. The van der Waals surface area contributed by atoms with Crippen molar-refractivity contribution in [2.24, 2.45) is 11.7 Å². The van der Waals surface area contributed by atoms with Gasteiger partial charge in [0.2, 0.25) is 5.91 Å². The van der Waals surface area contributed by atoms with E-state index in [0.717, 1.165) is 51.8 Å². The Morgan fingerprint density at radius 1 is 1.06 bits per heavy atom. The summed E-state index contributed by atoms with van der Waals surface area (Å²) in [5.41, 5.74) is 16.5. The summed E-state index contributed by atoms with van der Waals surface area (Å²) in [6, 6.07) is 14.5. The van der Waals surface area contributed by atoms with Crippen molar-refractivity contribution in [1.82, 2.24) is 19.4 Å². The number of rotatable bonds is 3. The van der Waals surface area contributed by atoms with Gasteiger partial charge in [0.25, 0.3) is 0 Å². The van der Waals surface area contributed by atoms with Gasteiger partial charge in [0, 0.05) is 29.3 Å². The molecule has 3 aromatic heterocycles. The standard InChI is InChI=1S/C20H14FN5.C7H13NO/c21-14-6-4-12(5-7-14)15-3-1-2-13-10-16(25-17(13)15)18-19-20(22)23-8-9-26(19)11-24-18;8-7(9)6-4-2-1-3-5-6/h1-11,25H,(H2,22,23);6H,1-5H2,(H2,8,9). The van der Waals surface area contributed by atoms with Crippen LogP contribution in [0, 0.1) is 11.7 Å². The zero-order chi connectivity index (χ0) is 24.4. The van der Waals surface area contributed by atoms with Gasteiger partial charge in [-0.3, -0.25) is 4.79 Å². The number of anilines is 1. The largest absolute Gasteiger partial charge is 0.382 e. The van der Waals surface area contributed by atoms with E-state index >= 15 is 0 Å². The summed E-state index contributed by atoms with van der Waals surface area (Å²) >= 11 is 0. The second-order valence-electron chi connectivity index (χ2n) is 8.86. The number of H-pyrrole nitrogens is 1. The van der Waals surface area contributed by atoms with E-state index in [1.54, 1.807) is 24.7 Å². The lowest BCUT2D eigenvalue weighted by atomic mass is 9.89. The first-order valence-corrected chi connectivity index (χ1v) is 11.8. The van der Waals surface area contributed by atoms with Crippen LogP contribution in [0.15, 0.2) is 67.3 Å². The Morgan fingerprint density at radius 2 is 1.83 bits per heavy atom. The summed E-state index contributed by atoms with van der Waals surface area (Å²) in [7, 11) is 0. The first kappa shape index (κ1) is 22.6. The average molecular weight is 471 g/mol. The van der Waals surface area contributed by atoms with Crippen LogP contribution in [0.5, 0.6) is 0 Å². The van der Waals surface area contributed by atoms with E-state index in [0.29, 0.717) is 5.82 Å². The van der Waals surface area contributed by atoms with Gasteiger partial charge < -0.3 is 20.9 Å². The lowest BCUT2D eigenvalue weighted by molar-refractivity contribution is -0.122. The number of nitrogens with two attached hydrogens (primary N) is 2. The number of carbonyl (C=O) groups is 1. The number of carbonyl (C=O) groups excluding carboxylic acids is 1. The summed E-state index contributed by atoms with van der Waals surface area (Å²) in [5, 5.41) is 1.05. The number of para-hydroxylation sites is 1. The van der Waals surface area contributed by atoms with E-state index in [1.165, 1.54) is 31.4 Å². The second kappa shape index (κ2) is 9.58. The molecule has 6 rings (SSSR count). The molecule has 0 saturated heterocycles. The minimum Gasteiger partial charge on any atom is -0.382 e. The molecule has 1 aliphatic carbocycles. The van der Waals surface area contributed by atoms with Crippen LogP contribution >= 0.6 is 0 Å². The van der Waals surface area contributed by atoms with Gasteiger partial charge in [-0.05, 0) is 36.6 Å². The summed E-state index contributed by atoms with van der Waals surface area (Å²) < 4.78 is 15.1. The van der Waals surface area contributed by atoms with Crippen LogP contribution in [0.3, 0.4) is 0 Å². The molecule has 8 heteroatoms. The Balaban J connectivity index is 0.000000239. The number of nitrogens with one attached hydrogen (secondary N) is 1. The van der Waals surface area contributed by atoms with Crippen molar-refractivity contribution in [3.8, 4) is 22.5 Å². The maximum absolute atomic E-state index is 13.3. The van der Waals surface area contributed by atoms with Crippen molar-refractivity contribution < 1.29 is 9.18 Å². The minimum atomic E-state index is -0.249. The SMILES string of the molecule is NC(=O)C1CCCCC1.Nc1nccn2cnc(-c3cc4cccc(-c5ccc(F)cc5)c4[nH]3)c12. The minimum absolute atomic E-state index is 0.102. The van der Waals surface area contributed by atoms with Crippen molar-refractivity contribution in [3.63, 3.8) is 0 Å². The van der Waals surface area contributed by atoms with Gasteiger partial charge in [-0.25, -0.2) is 14.4 Å². The molecule has 0 unspecified atom stereocenters. The molecule has 0 radical (unpaired) electrons. The third-order valence-electron chi connectivity index (χ3n) is 6.55. The molecule has 0 bridgehead atoms. The lowest BCUT2D eigenvalue weighted by Gasteiger charge is -2.17. The van der Waals surface area contributed by atoms with E-state index in [1.807, 2.05) is 34.9 Å². The molecule has 1 saturated carbocycles. The van der Waals surface area contributed by atoms with Crippen molar-refractivity contribution in [1.29, 1.82) is 0 Å². The quantitative estimate of drug-likeness (QED) is 0.331.